The Morgan fingerprint density at radius 2 is 2.00 bits per heavy atom. The lowest BCUT2D eigenvalue weighted by Crippen LogP contribution is -2.12. The first-order valence-corrected chi connectivity index (χ1v) is 6.59. The number of hydrogen-bond donors (Lipinski definition) is 1. The molecule has 22 heavy (non-hydrogen) atoms. The number of amides is 1. The Bertz CT molecular complexity index is 883. The highest BCUT2D eigenvalue weighted by molar-refractivity contribution is 6.12. The third kappa shape index (κ3) is 2.42. The number of non-ortho nitro benzene ring substituents is 1. The number of fused-ring (bicyclic) bond motifs is 1. The topological polar surface area (TPSA) is 85.4 Å². The summed E-state index contributed by atoms with van der Waals surface area (Å²) in [5.41, 5.74) is 2.23. The lowest BCUT2D eigenvalue weighted by Gasteiger charge is -2.06. The van der Waals surface area contributed by atoms with E-state index < -0.39 is 4.92 Å². The molecular weight excluding hydrogens is 284 g/mol. The highest BCUT2D eigenvalue weighted by atomic mass is 16.6. The van der Waals surface area contributed by atoms with Gasteiger partial charge < -0.3 is 9.73 Å². The number of aryl methyl sites for hydroxylation is 1. The van der Waals surface area contributed by atoms with Gasteiger partial charge in [-0.1, -0.05) is 18.2 Å². The zero-order valence-corrected chi connectivity index (χ0v) is 11.7. The summed E-state index contributed by atoms with van der Waals surface area (Å²) < 4.78 is 5.29. The van der Waals surface area contributed by atoms with Gasteiger partial charge in [0, 0.05) is 23.2 Å². The minimum absolute atomic E-state index is 0.0844. The van der Waals surface area contributed by atoms with Crippen molar-refractivity contribution in [2.24, 2.45) is 0 Å². The van der Waals surface area contributed by atoms with Crippen molar-refractivity contribution in [1.29, 1.82) is 0 Å². The number of nitro benzene ring substituents is 1. The minimum Gasteiger partial charge on any atom is -0.463 e. The van der Waals surface area contributed by atoms with Crippen molar-refractivity contribution in [3.05, 3.63) is 70.0 Å². The number of carbonyl (C=O) groups is 1. The summed E-state index contributed by atoms with van der Waals surface area (Å²) in [5.74, 6) is -0.367. The monoisotopic (exact) mass is 296 g/mol. The maximum absolute atomic E-state index is 12.4. The van der Waals surface area contributed by atoms with Crippen LogP contribution in [0, 0.1) is 17.0 Å². The average molecular weight is 296 g/mol. The summed E-state index contributed by atoms with van der Waals surface area (Å²) in [5, 5.41) is 14.1. The van der Waals surface area contributed by atoms with Crippen LogP contribution in [0.15, 0.2) is 53.1 Å². The second-order valence-corrected chi connectivity index (χ2v) is 4.86. The number of para-hydroxylation sites is 1. The van der Waals surface area contributed by atoms with Gasteiger partial charge >= 0.3 is 0 Å². The maximum atomic E-state index is 12.4. The summed E-state index contributed by atoms with van der Waals surface area (Å²) in [7, 11) is 0. The van der Waals surface area contributed by atoms with Crippen LogP contribution in [0.1, 0.15) is 15.9 Å². The third-order valence-electron chi connectivity index (χ3n) is 3.41. The van der Waals surface area contributed by atoms with Crippen molar-refractivity contribution < 1.29 is 14.1 Å². The van der Waals surface area contributed by atoms with Gasteiger partial charge in [-0.25, -0.2) is 0 Å². The summed E-state index contributed by atoms with van der Waals surface area (Å²) in [6.45, 7) is 1.88. The summed E-state index contributed by atoms with van der Waals surface area (Å²) in [4.78, 5) is 22.7. The molecular formula is C16H12N2O4. The molecule has 0 unspecified atom stereocenters. The quantitative estimate of drug-likeness (QED) is 0.586. The fraction of sp³-hybridized carbons (Fsp3) is 0.0625. The van der Waals surface area contributed by atoms with Crippen molar-refractivity contribution in [2.45, 2.75) is 6.92 Å². The van der Waals surface area contributed by atoms with Gasteiger partial charge in [0.15, 0.2) is 0 Å². The van der Waals surface area contributed by atoms with E-state index >= 15 is 0 Å². The first kappa shape index (κ1) is 13.8. The zero-order valence-electron chi connectivity index (χ0n) is 11.7. The van der Waals surface area contributed by atoms with E-state index in [1.807, 2.05) is 25.1 Å². The number of nitrogens with zero attached hydrogens (tertiary/aromatic N) is 1. The molecule has 3 aromatic rings. The number of carbonyl (C=O) groups excluding carboxylic acids is 1. The Morgan fingerprint density at radius 1 is 1.23 bits per heavy atom. The minimum atomic E-state index is -0.504. The van der Waals surface area contributed by atoms with Gasteiger partial charge in [0.05, 0.1) is 10.5 Å². The van der Waals surface area contributed by atoms with Crippen LogP contribution in [0.2, 0.25) is 0 Å². The van der Waals surface area contributed by atoms with Crippen molar-refractivity contribution in [3.63, 3.8) is 0 Å². The van der Waals surface area contributed by atoms with Crippen molar-refractivity contribution in [3.8, 4) is 0 Å². The molecule has 1 aromatic heterocycles. The van der Waals surface area contributed by atoms with Crippen LogP contribution < -0.4 is 5.32 Å². The zero-order chi connectivity index (χ0) is 15.7. The van der Waals surface area contributed by atoms with E-state index in [2.05, 4.69) is 5.32 Å². The lowest BCUT2D eigenvalue weighted by atomic mass is 10.1. The van der Waals surface area contributed by atoms with Crippen molar-refractivity contribution >= 4 is 28.3 Å². The molecule has 3 rings (SSSR count). The molecule has 6 nitrogen and oxygen atoms in total. The second-order valence-electron chi connectivity index (χ2n) is 4.86. The van der Waals surface area contributed by atoms with Gasteiger partial charge in [-0.3, -0.25) is 14.9 Å². The molecule has 0 fully saturated rings. The molecule has 0 aliphatic carbocycles. The molecule has 0 radical (unpaired) electrons. The number of rotatable bonds is 3. The van der Waals surface area contributed by atoms with Gasteiger partial charge in [0.2, 0.25) is 0 Å². The molecule has 6 heteroatoms. The molecule has 1 heterocycles. The smallest absolute Gasteiger partial charge is 0.270 e. The summed E-state index contributed by atoms with van der Waals surface area (Å²) >= 11 is 0. The first-order valence-electron chi connectivity index (χ1n) is 6.59. The largest absolute Gasteiger partial charge is 0.463 e. The van der Waals surface area contributed by atoms with E-state index in [1.54, 1.807) is 6.07 Å². The number of nitrogens with one attached hydrogen (secondary N) is 1. The van der Waals surface area contributed by atoms with E-state index in [0.29, 0.717) is 16.7 Å². The Hall–Kier alpha value is -3.15. The predicted molar refractivity (Wildman–Crippen MR) is 82.0 cm³/mol. The SMILES string of the molecule is Cc1ccccc1NC(=O)c1coc2ccc([N+](=O)[O-])cc12. The normalized spacial score (nSPS) is 10.6. The van der Waals surface area contributed by atoms with Gasteiger partial charge in [0.1, 0.15) is 11.8 Å². The second kappa shape index (κ2) is 5.33. The first-order chi connectivity index (χ1) is 10.6. The van der Waals surface area contributed by atoms with Gasteiger partial charge in [-0.15, -0.1) is 0 Å². The van der Waals surface area contributed by atoms with E-state index in [0.717, 1.165) is 5.56 Å². The van der Waals surface area contributed by atoms with Crippen molar-refractivity contribution in [2.75, 3.05) is 5.32 Å². The molecule has 0 atom stereocenters. The number of anilines is 1. The van der Waals surface area contributed by atoms with E-state index in [4.69, 9.17) is 4.42 Å². The molecule has 1 amide bonds. The third-order valence-corrected chi connectivity index (χ3v) is 3.41. The Labute approximate surface area is 125 Å². The van der Waals surface area contributed by atoms with Crippen LogP contribution >= 0.6 is 0 Å². The molecule has 0 saturated heterocycles. The fourth-order valence-electron chi connectivity index (χ4n) is 2.21. The number of nitro groups is 1. The van der Waals surface area contributed by atoms with Crippen LogP contribution in [0.3, 0.4) is 0 Å². The predicted octanol–water partition coefficient (Wildman–Crippen LogP) is 3.90. The average Bonchev–Trinajstić information content (AvgIpc) is 2.92. The van der Waals surface area contributed by atoms with Crippen LogP contribution in [0.4, 0.5) is 11.4 Å². The summed E-state index contributed by atoms with van der Waals surface area (Å²) in [6.07, 6.45) is 1.31. The highest BCUT2D eigenvalue weighted by Gasteiger charge is 2.17. The van der Waals surface area contributed by atoms with Gasteiger partial charge in [0.25, 0.3) is 11.6 Å². The number of furan rings is 1. The number of hydrogen-bond acceptors (Lipinski definition) is 4. The fourth-order valence-corrected chi connectivity index (χ4v) is 2.21. The molecule has 0 bridgehead atoms. The Kier molecular flexibility index (Phi) is 3.34. The maximum Gasteiger partial charge on any atom is 0.270 e. The molecule has 0 saturated carbocycles. The molecule has 110 valence electrons. The highest BCUT2D eigenvalue weighted by Crippen LogP contribution is 2.26. The molecule has 0 aliphatic rings. The standard InChI is InChI=1S/C16H12N2O4/c1-10-4-2-3-5-14(10)17-16(19)13-9-22-15-7-6-11(18(20)21)8-12(13)15/h2-9H,1H3,(H,17,19). The Balaban J connectivity index is 1.99. The van der Waals surface area contributed by atoms with E-state index in [9.17, 15) is 14.9 Å². The van der Waals surface area contributed by atoms with Crippen LogP contribution in [-0.2, 0) is 0 Å². The van der Waals surface area contributed by atoms with Crippen LogP contribution in [0.25, 0.3) is 11.0 Å². The lowest BCUT2D eigenvalue weighted by molar-refractivity contribution is -0.384. The molecule has 2 aromatic carbocycles. The van der Waals surface area contributed by atoms with Crippen molar-refractivity contribution in [1.82, 2.24) is 0 Å². The van der Waals surface area contributed by atoms with Gasteiger partial charge in [-0.2, -0.15) is 0 Å². The van der Waals surface area contributed by atoms with E-state index in [1.165, 1.54) is 24.5 Å². The van der Waals surface area contributed by atoms with Gasteiger partial charge in [-0.05, 0) is 24.6 Å². The molecule has 0 aliphatic heterocycles. The molecule has 0 spiro atoms. The Morgan fingerprint density at radius 3 is 2.73 bits per heavy atom. The van der Waals surface area contributed by atoms with E-state index in [-0.39, 0.29) is 17.2 Å². The van der Waals surface area contributed by atoms with Crippen LogP contribution in [0.5, 0.6) is 0 Å². The summed E-state index contributed by atoms with van der Waals surface area (Å²) in [6, 6.07) is 11.5. The molecule has 1 N–H and O–H groups in total. The van der Waals surface area contributed by atoms with Crippen LogP contribution in [-0.4, -0.2) is 10.8 Å². The number of benzene rings is 2.